The first-order chi connectivity index (χ1) is 6.11. The Hall–Kier alpha value is -0.390. The standard InChI is InChI=1S/C6H7Cl2N3OS/c1-2-13(12)11-5-3-4(7)9-6(8)10-5/h3H,2H2,1H3,(H,9,10,11). The minimum Gasteiger partial charge on any atom is -0.289 e. The van der Waals surface area contributed by atoms with Gasteiger partial charge in [0.05, 0.1) is 0 Å². The molecule has 0 aromatic carbocycles. The van der Waals surface area contributed by atoms with Crippen LogP contribution in [0.1, 0.15) is 6.92 Å². The maximum absolute atomic E-state index is 11.1. The molecule has 0 saturated heterocycles. The summed E-state index contributed by atoms with van der Waals surface area (Å²) in [5.74, 6) is 0.851. The maximum Gasteiger partial charge on any atom is 0.225 e. The number of nitrogens with one attached hydrogen (secondary N) is 1. The second-order valence-corrected chi connectivity index (χ2v) is 4.28. The number of anilines is 1. The summed E-state index contributed by atoms with van der Waals surface area (Å²) >= 11 is 11.1. The van der Waals surface area contributed by atoms with E-state index in [1.165, 1.54) is 6.07 Å². The van der Waals surface area contributed by atoms with E-state index in [4.69, 9.17) is 23.2 Å². The van der Waals surface area contributed by atoms with Gasteiger partial charge in [0.2, 0.25) is 5.28 Å². The highest BCUT2D eigenvalue weighted by Gasteiger charge is 2.02. The highest BCUT2D eigenvalue weighted by Crippen LogP contribution is 2.14. The summed E-state index contributed by atoms with van der Waals surface area (Å²) in [7, 11) is -1.15. The van der Waals surface area contributed by atoms with E-state index in [9.17, 15) is 4.21 Å². The van der Waals surface area contributed by atoms with Crippen LogP contribution in [0.15, 0.2) is 6.07 Å². The molecule has 0 bridgehead atoms. The monoisotopic (exact) mass is 239 g/mol. The Morgan fingerprint density at radius 2 is 2.23 bits per heavy atom. The van der Waals surface area contributed by atoms with Crippen molar-refractivity contribution in [3.63, 3.8) is 0 Å². The third-order valence-electron chi connectivity index (χ3n) is 1.15. The first kappa shape index (κ1) is 10.7. The van der Waals surface area contributed by atoms with Crippen LogP contribution < -0.4 is 4.72 Å². The lowest BCUT2D eigenvalue weighted by Crippen LogP contribution is -2.07. The number of halogens is 2. The van der Waals surface area contributed by atoms with Gasteiger partial charge < -0.3 is 0 Å². The van der Waals surface area contributed by atoms with Crippen LogP contribution in [0, 0.1) is 0 Å². The summed E-state index contributed by atoms with van der Waals surface area (Å²) in [4.78, 5) is 7.44. The molecular formula is C6H7Cl2N3OS. The SMILES string of the molecule is CCS(=O)Nc1cc(Cl)nc(Cl)n1. The highest BCUT2D eigenvalue weighted by molar-refractivity contribution is 7.86. The molecule has 72 valence electrons. The normalized spacial score (nSPS) is 12.5. The topological polar surface area (TPSA) is 54.9 Å². The Morgan fingerprint density at radius 3 is 2.77 bits per heavy atom. The highest BCUT2D eigenvalue weighted by atomic mass is 35.5. The van der Waals surface area contributed by atoms with Crippen LogP contribution in [0.5, 0.6) is 0 Å². The molecule has 13 heavy (non-hydrogen) atoms. The summed E-state index contributed by atoms with van der Waals surface area (Å²) in [6.45, 7) is 1.79. The molecule has 1 aromatic heterocycles. The van der Waals surface area contributed by atoms with E-state index in [0.29, 0.717) is 11.6 Å². The van der Waals surface area contributed by atoms with Crippen LogP contribution in [0.4, 0.5) is 5.82 Å². The van der Waals surface area contributed by atoms with Crippen molar-refractivity contribution in [3.8, 4) is 0 Å². The molecule has 4 nitrogen and oxygen atoms in total. The van der Waals surface area contributed by atoms with Gasteiger partial charge in [0.25, 0.3) is 0 Å². The second-order valence-electron chi connectivity index (χ2n) is 2.08. The molecule has 1 N–H and O–H groups in total. The molecule has 0 spiro atoms. The summed E-state index contributed by atoms with van der Waals surface area (Å²) < 4.78 is 13.7. The van der Waals surface area contributed by atoms with Gasteiger partial charge in [-0.25, -0.2) is 9.19 Å². The predicted molar refractivity (Wildman–Crippen MR) is 54.4 cm³/mol. The molecule has 0 saturated carbocycles. The third-order valence-corrected chi connectivity index (χ3v) is 2.47. The van der Waals surface area contributed by atoms with E-state index in [1.54, 1.807) is 6.92 Å². The van der Waals surface area contributed by atoms with Crippen molar-refractivity contribution in [3.05, 3.63) is 16.5 Å². The van der Waals surface area contributed by atoms with Crippen LogP contribution in [-0.2, 0) is 11.0 Å². The minimum atomic E-state index is -1.15. The quantitative estimate of drug-likeness (QED) is 0.648. The average Bonchev–Trinajstić information content (AvgIpc) is 2.02. The lowest BCUT2D eigenvalue weighted by Gasteiger charge is -2.02. The van der Waals surface area contributed by atoms with Gasteiger partial charge in [-0.05, 0) is 11.6 Å². The minimum absolute atomic E-state index is 0.0307. The van der Waals surface area contributed by atoms with Crippen molar-refractivity contribution in [2.45, 2.75) is 6.92 Å². The van der Waals surface area contributed by atoms with Crippen molar-refractivity contribution in [1.29, 1.82) is 0 Å². The van der Waals surface area contributed by atoms with Crippen molar-refractivity contribution in [1.82, 2.24) is 9.97 Å². The maximum atomic E-state index is 11.1. The molecule has 1 rings (SSSR count). The van der Waals surface area contributed by atoms with Crippen LogP contribution in [0.2, 0.25) is 10.4 Å². The Labute approximate surface area is 88.3 Å². The first-order valence-electron chi connectivity index (χ1n) is 3.47. The van der Waals surface area contributed by atoms with E-state index < -0.39 is 11.0 Å². The summed E-state index contributed by atoms with van der Waals surface area (Å²) in [5, 5.41) is 0.249. The summed E-state index contributed by atoms with van der Waals surface area (Å²) in [5.41, 5.74) is 0. The molecule has 1 aromatic rings. The largest absolute Gasteiger partial charge is 0.289 e. The van der Waals surface area contributed by atoms with Gasteiger partial charge in [-0.15, -0.1) is 0 Å². The van der Waals surface area contributed by atoms with Crippen LogP contribution in [-0.4, -0.2) is 19.9 Å². The molecule has 1 heterocycles. The Morgan fingerprint density at radius 1 is 1.54 bits per heavy atom. The fourth-order valence-electron chi connectivity index (χ4n) is 0.631. The number of aromatic nitrogens is 2. The molecule has 1 atom stereocenters. The zero-order chi connectivity index (χ0) is 9.84. The van der Waals surface area contributed by atoms with Crippen LogP contribution in [0.25, 0.3) is 0 Å². The molecule has 1 unspecified atom stereocenters. The molecular weight excluding hydrogens is 233 g/mol. The molecule has 7 heteroatoms. The number of nitrogens with zero attached hydrogens (tertiary/aromatic N) is 2. The van der Waals surface area contributed by atoms with Gasteiger partial charge in [-0.1, -0.05) is 18.5 Å². The Balaban J connectivity index is 2.83. The lowest BCUT2D eigenvalue weighted by atomic mass is 10.6. The molecule has 0 fully saturated rings. The smallest absolute Gasteiger partial charge is 0.225 e. The van der Waals surface area contributed by atoms with E-state index >= 15 is 0 Å². The summed E-state index contributed by atoms with van der Waals surface area (Å²) in [6.07, 6.45) is 0. The molecule has 0 aliphatic carbocycles. The third kappa shape index (κ3) is 3.46. The average molecular weight is 240 g/mol. The van der Waals surface area contributed by atoms with Gasteiger partial charge >= 0.3 is 0 Å². The second kappa shape index (κ2) is 4.74. The first-order valence-corrected chi connectivity index (χ1v) is 5.54. The van der Waals surface area contributed by atoms with Gasteiger partial charge in [0.1, 0.15) is 22.0 Å². The van der Waals surface area contributed by atoms with Crippen molar-refractivity contribution >= 4 is 40.0 Å². The summed E-state index contributed by atoms with van der Waals surface area (Å²) in [6, 6.07) is 1.46. The van der Waals surface area contributed by atoms with Crippen LogP contribution >= 0.6 is 23.2 Å². The van der Waals surface area contributed by atoms with E-state index in [0.717, 1.165) is 0 Å². The molecule has 0 radical (unpaired) electrons. The van der Waals surface area contributed by atoms with E-state index in [-0.39, 0.29) is 10.4 Å². The lowest BCUT2D eigenvalue weighted by molar-refractivity contribution is 0.687. The van der Waals surface area contributed by atoms with Crippen molar-refractivity contribution < 1.29 is 4.21 Å². The van der Waals surface area contributed by atoms with E-state index in [2.05, 4.69) is 14.7 Å². The number of rotatable bonds is 3. The van der Waals surface area contributed by atoms with Gasteiger partial charge in [0.15, 0.2) is 0 Å². The Kier molecular flexibility index (Phi) is 3.90. The number of hydrogen-bond donors (Lipinski definition) is 1. The fraction of sp³-hybridized carbons (Fsp3) is 0.333. The van der Waals surface area contributed by atoms with Crippen molar-refractivity contribution in [2.24, 2.45) is 0 Å². The fourth-order valence-corrected chi connectivity index (χ4v) is 1.52. The van der Waals surface area contributed by atoms with E-state index in [1.807, 2.05) is 0 Å². The molecule has 0 amide bonds. The molecule has 0 aliphatic rings. The van der Waals surface area contributed by atoms with Gasteiger partial charge in [0, 0.05) is 11.8 Å². The Bertz CT molecular complexity index is 313. The number of hydrogen-bond acceptors (Lipinski definition) is 3. The molecule has 0 aliphatic heterocycles. The van der Waals surface area contributed by atoms with Crippen molar-refractivity contribution in [2.75, 3.05) is 10.5 Å². The van der Waals surface area contributed by atoms with Gasteiger partial charge in [-0.2, -0.15) is 4.98 Å². The zero-order valence-electron chi connectivity index (χ0n) is 6.75. The zero-order valence-corrected chi connectivity index (χ0v) is 9.08. The predicted octanol–water partition coefficient (Wildman–Crippen LogP) is 1.88. The van der Waals surface area contributed by atoms with Gasteiger partial charge in [-0.3, -0.25) is 4.72 Å². The van der Waals surface area contributed by atoms with Crippen LogP contribution in [0.3, 0.4) is 0 Å².